The first kappa shape index (κ1) is 9.73. The van der Waals surface area contributed by atoms with E-state index >= 15 is 0 Å². The van der Waals surface area contributed by atoms with Gasteiger partial charge >= 0.3 is 0 Å². The number of nitrogens with one attached hydrogen (secondary N) is 1. The molecule has 1 amide bonds. The molecule has 13 heavy (non-hydrogen) atoms. The molecule has 1 rings (SSSR count). The van der Waals surface area contributed by atoms with Gasteiger partial charge in [0.2, 0.25) is 5.89 Å². The van der Waals surface area contributed by atoms with Crippen molar-refractivity contribution in [1.29, 1.82) is 0 Å². The largest absolute Gasteiger partial charge is 0.344 e. The zero-order valence-electron chi connectivity index (χ0n) is 7.00. The monoisotopic (exact) mass is 201 g/mol. The number of aryl methyl sites for hydroxylation is 1. The van der Waals surface area contributed by atoms with Crippen LogP contribution in [0.3, 0.4) is 0 Å². The SMILES string of the molecule is C=C(Cl)CNC(=O)c1noc(C)n1. The number of hydrogen-bond donors (Lipinski definition) is 1. The zero-order valence-corrected chi connectivity index (χ0v) is 7.76. The molecule has 0 radical (unpaired) electrons. The Morgan fingerprint density at radius 1 is 1.77 bits per heavy atom. The highest BCUT2D eigenvalue weighted by Gasteiger charge is 2.11. The minimum absolute atomic E-state index is 0.00424. The first-order valence-corrected chi connectivity index (χ1v) is 3.89. The Morgan fingerprint density at radius 3 is 2.92 bits per heavy atom. The lowest BCUT2D eigenvalue weighted by Gasteiger charge is -1.97. The van der Waals surface area contributed by atoms with Gasteiger partial charge in [0.25, 0.3) is 11.7 Å². The van der Waals surface area contributed by atoms with Crippen molar-refractivity contribution in [1.82, 2.24) is 15.5 Å². The number of halogens is 1. The molecule has 1 aromatic heterocycles. The van der Waals surface area contributed by atoms with E-state index in [4.69, 9.17) is 11.6 Å². The predicted octanol–water partition coefficient (Wildman–Crippen LogP) is 0.860. The molecule has 0 fully saturated rings. The summed E-state index contributed by atoms with van der Waals surface area (Å²) in [7, 11) is 0. The lowest BCUT2D eigenvalue weighted by molar-refractivity contribution is 0.0944. The predicted molar refractivity (Wildman–Crippen MR) is 46.4 cm³/mol. The third-order valence-electron chi connectivity index (χ3n) is 1.17. The van der Waals surface area contributed by atoms with Crippen molar-refractivity contribution >= 4 is 17.5 Å². The van der Waals surface area contributed by atoms with E-state index in [2.05, 4.69) is 26.6 Å². The second-order valence-corrected chi connectivity index (χ2v) is 2.87. The molecule has 1 N–H and O–H groups in total. The standard InChI is InChI=1S/C7H8ClN3O2/c1-4(8)3-9-7(12)6-10-5(2)13-11-6/h1,3H2,2H3,(H,9,12). The van der Waals surface area contributed by atoms with Gasteiger partial charge in [0.15, 0.2) is 0 Å². The maximum absolute atomic E-state index is 11.2. The van der Waals surface area contributed by atoms with E-state index in [-0.39, 0.29) is 12.4 Å². The van der Waals surface area contributed by atoms with Crippen LogP contribution in [0.25, 0.3) is 0 Å². The molecule has 0 spiro atoms. The molecule has 0 atom stereocenters. The minimum atomic E-state index is -0.432. The van der Waals surface area contributed by atoms with E-state index in [1.54, 1.807) is 6.92 Å². The molecule has 0 saturated heterocycles. The molecular weight excluding hydrogens is 194 g/mol. The van der Waals surface area contributed by atoms with Gasteiger partial charge in [-0.05, 0) is 0 Å². The van der Waals surface area contributed by atoms with Crippen molar-refractivity contribution in [2.24, 2.45) is 0 Å². The number of rotatable bonds is 3. The van der Waals surface area contributed by atoms with Crippen molar-refractivity contribution in [3.05, 3.63) is 23.3 Å². The highest BCUT2D eigenvalue weighted by Crippen LogP contribution is 1.96. The molecule has 0 bridgehead atoms. The summed E-state index contributed by atoms with van der Waals surface area (Å²) in [5.74, 6) is -0.0936. The Bertz CT molecular complexity index is 334. The molecule has 0 aromatic carbocycles. The number of carbonyl (C=O) groups is 1. The molecule has 0 unspecified atom stereocenters. The van der Waals surface area contributed by atoms with Crippen molar-refractivity contribution < 1.29 is 9.32 Å². The van der Waals surface area contributed by atoms with Gasteiger partial charge in [-0.2, -0.15) is 4.98 Å². The van der Waals surface area contributed by atoms with Gasteiger partial charge in [-0.15, -0.1) is 0 Å². The van der Waals surface area contributed by atoms with E-state index in [1.807, 2.05) is 0 Å². The van der Waals surface area contributed by atoms with Crippen LogP contribution in [0.4, 0.5) is 0 Å². The lowest BCUT2D eigenvalue weighted by atomic mass is 10.5. The Hall–Kier alpha value is -1.36. The fourth-order valence-electron chi connectivity index (χ4n) is 0.647. The molecule has 5 nitrogen and oxygen atoms in total. The second kappa shape index (κ2) is 4.04. The Morgan fingerprint density at radius 2 is 2.46 bits per heavy atom. The van der Waals surface area contributed by atoms with Crippen molar-refractivity contribution in [3.63, 3.8) is 0 Å². The van der Waals surface area contributed by atoms with Crippen LogP contribution in [0.1, 0.15) is 16.5 Å². The molecular formula is C7H8ClN3O2. The number of amides is 1. The summed E-state index contributed by atoms with van der Waals surface area (Å²) in [5, 5.41) is 6.22. The van der Waals surface area contributed by atoms with E-state index in [0.29, 0.717) is 10.9 Å². The van der Waals surface area contributed by atoms with Gasteiger partial charge < -0.3 is 9.84 Å². The van der Waals surface area contributed by atoms with Crippen LogP contribution in [0.2, 0.25) is 0 Å². The van der Waals surface area contributed by atoms with Crippen LogP contribution >= 0.6 is 11.6 Å². The molecule has 0 saturated carbocycles. The molecule has 0 aliphatic rings. The van der Waals surface area contributed by atoms with Crippen molar-refractivity contribution in [2.75, 3.05) is 6.54 Å². The Labute approximate surface area is 79.8 Å². The fourth-order valence-corrected chi connectivity index (χ4v) is 0.714. The minimum Gasteiger partial charge on any atom is -0.344 e. The van der Waals surface area contributed by atoms with E-state index < -0.39 is 5.91 Å². The topological polar surface area (TPSA) is 68.0 Å². The van der Waals surface area contributed by atoms with E-state index in [0.717, 1.165) is 0 Å². The van der Waals surface area contributed by atoms with Crippen LogP contribution < -0.4 is 5.32 Å². The van der Waals surface area contributed by atoms with E-state index in [9.17, 15) is 4.79 Å². The summed E-state index contributed by atoms with van der Waals surface area (Å²) in [6, 6.07) is 0. The van der Waals surface area contributed by atoms with Gasteiger partial charge in [-0.3, -0.25) is 4.79 Å². The maximum atomic E-state index is 11.2. The summed E-state index contributed by atoms with van der Waals surface area (Å²) in [4.78, 5) is 14.9. The highest BCUT2D eigenvalue weighted by atomic mass is 35.5. The second-order valence-electron chi connectivity index (χ2n) is 2.34. The first-order chi connectivity index (χ1) is 6.09. The molecule has 1 heterocycles. The van der Waals surface area contributed by atoms with Crippen molar-refractivity contribution in [3.8, 4) is 0 Å². The molecule has 0 aliphatic heterocycles. The summed E-state index contributed by atoms with van der Waals surface area (Å²) < 4.78 is 4.62. The number of nitrogens with zero attached hydrogens (tertiary/aromatic N) is 2. The number of carbonyl (C=O) groups excluding carboxylic acids is 1. The smallest absolute Gasteiger partial charge is 0.292 e. The molecule has 1 aromatic rings. The summed E-state index contributed by atoms with van der Waals surface area (Å²) in [5.41, 5.74) is 0. The lowest BCUT2D eigenvalue weighted by Crippen LogP contribution is -2.25. The quantitative estimate of drug-likeness (QED) is 0.788. The van der Waals surface area contributed by atoms with Gasteiger partial charge in [0.1, 0.15) is 0 Å². The third kappa shape index (κ3) is 2.87. The van der Waals surface area contributed by atoms with Gasteiger partial charge in [0.05, 0.1) is 6.54 Å². The summed E-state index contributed by atoms with van der Waals surface area (Å²) >= 11 is 5.44. The van der Waals surface area contributed by atoms with Crippen LogP contribution in [0.15, 0.2) is 16.1 Å². The van der Waals surface area contributed by atoms with Crippen LogP contribution in [0.5, 0.6) is 0 Å². The third-order valence-corrected chi connectivity index (χ3v) is 1.31. The fraction of sp³-hybridized carbons (Fsp3) is 0.286. The normalized spacial score (nSPS) is 9.69. The molecule has 0 aliphatic carbocycles. The highest BCUT2D eigenvalue weighted by molar-refractivity contribution is 6.29. The van der Waals surface area contributed by atoms with Crippen LogP contribution in [-0.2, 0) is 0 Å². The van der Waals surface area contributed by atoms with Crippen LogP contribution in [0, 0.1) is 6.92 Å². The molecule has 6 heteroatoms. The average molecular weight is 202 g/mol. The number of hydrogen-bond acceptors (Lipinski definition) is 4. The Balaban J connectivity index is 2.54. The zero-order chi connectivity index (χ0) is 9.84. The maximum Gasteiger partial charge on any atom is 0.292 e. The van der Waals surface area contributed by atoms with Crippen molar-refractivity contribution in [2.45, 2.75) is 6.92 Å². The van der Waals surface area contributed by atoms with Gasteiger partial charge in [-0.25, -0.2) is 0 Å². The first-order valence-electron chi connectivity index (χ1n) is 3.51. The Kier molecular flexibility index (Phi) is 3.02. The van der Waals surface area contributed by atoms with E-state index in [1.165, 1.54) is 0 Å². The summed E-state index contributed by atoms with van der Waals surface area (Å²) in [6.07, 6.45) is 0. The summed E-state index contributed by atoms with van der Waals surface area (Å²) in [6.45, 7) is 5.20. The average Bonchev–Trinajstić information content (AvgIpc) is 2.47. The van der Waals surface area contributed by atoms with Gasteiger partial charge in [0, 0.05) is 12.0 Å². The molecule has 70 valence electrons. The van der Waals surface area contributed by atoms with Crippen LogP contribution in [-0.4, -0.2) is 22.6 Å². The number of aromatic nitrogens is 2. The van der Waals surface area contributed by atoms with Gasteiger partial charge in [-0.1, -0.05) is 23.3 Å².